The summed E-state index contributed by atoms with van der Waals surface area (Å²) < 4.78 is 1.17. The molecule has 2 saturated carbocycles. The molecule has 0 saturated heterocycles. The Kier molecular flexibility index (Phi) is 5.09. The first-order valence-electron chi connectivity index (χ1n) is 10.6. The van der Waals surface area contributed by atoms with Gasteiger partial charge in [0.2, 0.25) is 5.95 Å². The molecule has 0 radical (unpaired) electrons. The molecule has 2 aliphatic carbocycles. The third-order valence-electron chi connectivity index (χ3n) is 5.98. The van der Waals surface area contributed by atoms with Crippen LogP contribution < -0.4 is 10.6 Å². The lowest BCUT2D eigenvalue weighted by molar-refractivity contribution is 0.229. The number of aryl methyl sites for hydroxylation is 1. The summed E-state index contributed by atoms with van der Waals surface area (Å²) in [6.07, 6.45) is 5.68. The monoisotopic (exact) mass is 409 g/mol. The van der Waals surface area contributed by atoms with Crippen LogP contribution in [0.5, 0.6) is 0 Å². The number of aliphatic hydroxyl groups excluding tert-OH is 1. The van der Waals surface area contributed by atoms with E-state index in [0.717, 1.165) is 59.3 Å². The normalized spacial score (nSPS) is 21.6. The third-order valence-corrected chi connectivity index (χ3v) is 7.04. The van der Waals surface area contributed by atoms with Crippen molar-refractivity contribution in [3.8, 4) is 10.6 Å². The number of hydrogen-bond acceptors (Lipinski definition) is 7. The van der Waals surface area contributed by atoms with Gasteiger partial charge in [0.1, 0.15) is 10.8 Å². The molecule has 3 N–H and O–H groups in total. The molecular formula is C22H27N5OS. The van der Waals surface area contributed by atoms with Gasteiger partial charge in [0, 0.05) is 19.2 Å². The third kappa shape index (κ3) is 4.07. The predicted octanol–water partition coefficient (Wildman–Crippen LogP) is 4.46. The molecule has 0 amide bonds. The van der Waals surface area contributed by atoms with E-state index in [1.807, 2.05) is 25.1 Å². The second-order valence-corrected chi connectivity index (χ2v) is 9.40. The molecule has 5 rings (SSSR count). The Morgan fingerprint density at radius 3 is 2.66 bits per heavy atom. The fourth-order valence-electron chi connectivity index (χ4n) is 4.11. The highest BCUT2D eigenvalue weighted by molar-refractivity contribution is 7.21. The zero-order valence-electron chi connectivity index (χ0n) is 16.7. The Bertz CT molecular complexity index is 983. The molecular weight excluding hydrogens is 382 g/mol. The van der Waals surface area contributed by atoms with E-state index in [2.05, 4.69) is 16.7 Å². The molecule has 0 bridgehead atoms. The Labute approximate surface area is 174 Å². The summed E-state index contributed by atoms with van der Waals surface area (Å²) in [4.78, 5) is 14.5. The molecule has 29 heavy (non-hydrogen) atoms. The molecule has 2 aliphatic rings. The molecule has 3 aromatic rings. The first-order valence-corrected chi connectivity index (χ1v) is 11.4. The van der Waals surface area contributed by atoms with Gasteiger partial charge in [0.15, 0.2) is 0 Å². The van der Waals surface area contributed by atoms with Crippen molar-refractivity contribution in [2.24, 2.45) is 11.8 Å². The zero-order chi connectivity index (χ0) is 19.8. The number of benzene rings is 1. The predicted molar refractivity (Wildman–Crippen MR) is 118 cm³/mol. The smallest absolute Gasteiger partial charge is 0.224 e. The van der Waals surface area contributed by atoms with Gasteiger partial charge in [-0.3, -0.25) is 0 Å². The number of para-hydroxylation sites is 1. The van der Waals surface area contributed by atoms with Crippen molar-refractivity contribution in [3.63, 3.8) is 0 Å². The zero-order valence-corrected chi connectivity index (χ0v) is 17.5. The Hall–Kier alpha value is -2.25. The lowest BCUT2D eigenvalue weighted by Crippen LogP contribution is -2.19. The van der Waals surface area contributed by atoms with Gasteiger partial charge >= 0.3 is 0 Å². The number of nitrogens with zero attached hydrogens (tertiary/aromatic N) is 3. The van der Waals surface area contributed by atoms with Crippen LogP contribution in [-0.2, 0) is 0 Å². The van der Waals surface area contributed by atoms with Crippen molar-refractivity contribution in [2.45, 2.75) is 45.1 Å². The number of anilines is 2. The van der Waals surface area contributed by atoms with Crippen molar-refractivity contribution < 1.29 is 5.11 Å². The van der Waals surface area contributed by atoms with Gasteiger partial charge in [-0.05, 0) is 63.0 Å². The molecule has 2 aromatic heterocycles. The summed E-state index contributed by atoms with van der Waals surface area (Å²) in [6, 6.07) is 8.55. The first kappa shape index (κ1) is 18.8. The fraction of sp³-hybridized carbons (Fsp3) is 0.500. The van der Waals surface area contributed by atoms with Gasteiger partial charge in [-0.15, -0.1) is 11.3 Å². The van der Waals surface area contributed by atoms with Crippen molar-refractivity contribution in [2.75, 3.05) is 23.8 Å². The van der Waals surface area contributed by atoms with Gasteiger partial charge in [-0.2, -0.15) is 4.98 Å². The lowest BCUT2D eigenvalue weighted by Gasteiger charge is -2.18. The minimum Gasteiger partial charge on any atom is -0.396 e. The molecule has 0 spiro atoms. The first-order chi connectivity index (χ1) is 14.2. The van der Waals surface area contributed by atoms with Crippen molar-refractivity contribution in [1.29, 1.82) is 0 Å². The fourth-order valence-corrected chi connectivity index (χ4v) is 5.18. The number of aromatic nitrogens is 3. The second kappa shape index (κ2) is 7.88. The summed E-state index contributed by atoms with van der Waals surface area (Å²) in [6.45, 7) is 3.25. The summed E-state index contributed by atoms with van der Waals surface area (Å²) in [7, 11) is 0. The highest BCUT2D eigenvalue weighted by atomic mass is 32.1. The highest BCUT2D eigenvalue weighted by Crippen LogP contribution is 2.38. The number of thiazole rings is 1. The standard InChI is InChI=1S/C22H27N5OS/c1-13-19(21-26-17-4-2-3-5-18(17)29-21)20(25-16-9-8-15(10-16)12-28)27-22(24-13)23-11-14-6-7-14/h2-5,14-16,28H,6-12H2,1H3,(H2,23,24,25,27). The minimum atomic E-state index is 0.264. The molecule has 0 aliphatic heterocycles. The number of aliphatic hydroxyl groups is 1. The summed E-state index contributed by atoms with van der Waals surface area (Å²) in [5, 5.41) is 17.5. The Balaban J connectivity index is 1.50. The van der Waals surface area contributed by atoms with E-state index in [4.69, 9.17) is 15.0 Å². The molecule has 7 heteroatoms. The number of hydrogen-bond donors (Lipinski definition) is 3. The van der Waals surface area contributed by atoms with Crippen LogP contribution in [0.1, 0.15) is 37.8 Å². The average molecular weight is 410 g/mol. The van der Waals surface area contributed by atoms with E-state index in [1.165, 1.54) is 17.5 Å². The van der Waals surface area contributed by atoms with E-state index < -0.39 is 0 Å². The van der Waals surface area contributed by atoms with Crippen LogP contribution in [0.2, 0.25) is 0 Å². The van der Waals surface area contributed by atoms with Gasteiger partial charge in [0.05, 0.1) is 21.5 Å². The Morgan fingerprint density at radius 1 is 1.07 bits per heavy atom. The van der Waals surface area contributed by atoms with E-state index in [-0.39, 0.29) is 6.61 Å². The summed E-state index contributed by atoms with van der Waals surface area (Å²) >= 11 is 1.68. The van der Waals surface area contributed by atoms with Crippen molar-refractivity contribution in [3.05, 3.63) is 30.0 Å². The van der Waals surface area contributed by atoms with Gasteiger partial charge < -0.3 is 15.7 Å². The SMILES string of the molecule is Cc1nc(NCC2CC2)nc(NC2CCC(CO)C2)c1-c1nc2ccccc2s1. The largest absolute Gasteiger partial charge is 0.396 e. The summed E-state index contributed by atoms with van der Waals surface area (Å²) in [5.41, 5.74) is 2.95. The molecule has 6 nitrogen and oxygen atoms in total. The van der Waals surface area contributed by atoms with Crippen LogP contribution in [-0.4, -0.2) is 39.3 Å². The molecule has 152 valence electrons. The minimum absolute atomic E-state index is 0.264. The van der Waals surface area contributed by atoms with Crippen LogP contribution in [0.4, 0.5) is 11.8 Å². The summed E-state index contributed by atoms with van der Waals surface area (Å²) in [5.74, 6) is 2.70. The molecule has 2 unspecified atom stereocenters. The number of rotatable bonds is 7. The van der Waals surface area contributed by atoms with Crippen molar-refractivity contribution >= 4 is 33.3 Å². The maximum atomic E-state index is 9.51. The van der Waals surface area contributed by atoms with Gasteiger partial charge in [-0.1, -0.05) is 12.1 Å². The quantitative estimate of drug-likeness (QED) is 0.534. The Morgan fingerprint density at radius 2 is 1.90 bits per heavy atom. The molecule has 2 heterocycles. The van der Waals surface area contributed by atoms with Gasteiger partial charge in [0.25, 0.3) is 0 Å². The van der Waals surface area contributed by atoms with E-state index in [9.17, 15) is 5.11 Å². The average Bonchev–Trinajstić information content (AvgIpc) is 3.27. The molecule has 1 aromatic carbocycles. The maximum absolute atomic E-state index is 9.51. The molecule has 2 atom stereocenters. The van der Waals surface area contributed by atoms with Crippen LogP contribution in [0.25, 0.3) is 20.8 Å². The van der Waals surface area contributed by atoms with Gasteiger partial charge in [-0.25, -0.2) is 9.97 Å². The second-order valence-electron chi connectivity index (χ2n) is 8.37. The number of fused-ring (bicyclic) bond motifs is 1. The van der Waals surface area contributed by atoms with Crippen LogP contribution in [0, 0.1) is 18.8 Å². The van der Waals surface area contributed by atoms with Crippen LogP contribution in [0.15, 0.2) is 24.3 Å². The van der Waals surface area contributed by atoms with Crippen LogP contribution >= 0.6 is 11.3 Å². The maximum Gasteiger partial charge on any atom is 0.224 e. The lowest BCUT2D eigenvalue weighted by atomic mass is 10.1. The highest BCUT2D eigenvalue weighted by Gasteiger charge is 2.27. The topological polar surface area (TPSA) is 83.0 Å². The van der Waals surface area contributed by atoms with Crippen molar-refractivity contribution in [1.82, 2.24) is 15.0 Å². The van der Waals surface area contributed by atoms with E-state index in [1.54, 1.807) is 11.3 Å². The molecule has 2 fully saturated rings. The van der Waals surface area contributed by atoms with E-state index in [0.29, 0.717) is 17.9 Å². The van der Waals surface area contributed by atoms with E-state index >= 15 is 0 Å². The van der Waals surface area contributed by atoms with Crippen LogP contribution in [0.3, 0.4) is 0 Å². The number of nitrogens with one attached hydrogen (secondary N) is 2.